The van der Waals surface area contributed by atoms with Crippen LogP contribution in [0.4, 0.5) is 0 Å². The first-order valence-corrected chi connectivity index (χ1v) is 5.94. The largest absolute Gasteiger partial charge is 0.368 e. The highest BCUT2D eigenvalue weighted by molar-refractivity contribution is 6.30. The zero-order valence-corrected chi connectivity index (χ0v) is 10.4. The Morgan fingerprint density at radius 2 is 2.06 bits per heavy atom. The van der Waals surface area contributed by atoms with E-state index in [0.717, 1.165) is 24.0 Å². The van der Waals surface area contributed by atoms with E-state index in [0.29, 0.717) is 18.0 Å². The second-order valence-corrected chi connectivity index (χ2v) is 4.45. The maximum Gasteiger partial charge on any atom is 0.234 e. The Bertz CT molecular complexity index is 395. The number of benzene rings is 1. The topological polar surface area (TPSA) is 95.1 Å². The Balaban J connectivity index is 2.54. The first kappa shape index (κ1) is 14.0. The Morgan fingerprint density at radius 1 is 1.35 bits per heavy atom. The summed E-state index contributed by atoms with van der Waals surface area (Å²) in [5.41, 5.74) is 18.5. The fraction of sp³-hybridized carbons (Fsp3) is 0.417. The minimum atomic E-state index is -0.566. The highest BCUT2D eigenvalue weighted by atomic mass is 35.5. The van der Waals surface area contributed by atoms with Gasteiger partial charge in [0.2, 0.25) is 5.91 Å². The maximum atomic E-state index is 10.8. The molecule has 0 unspecified atom stereocenters. The van der Waals surface area contributed by atoms with Crippen molar-refractivity contribution in [1.82, 2.24) is 0 Å². The van der Waals surface area contributed by atoms with E-state index in [-0.39, 0.29) is 0 Å². The number of carbonyl (C=O) groups excluding carboxylic acids is 1. The molecule has 1 aromatic rings. The highest BCUT2D eigenvalue weighted by Crippen LogP contribution is 2.17. The Kier molecular flexibility index (Phi) is 5.41. The monoisotopic (exact) mass is 255 g/mol. The van der Waals surface area contributed by atoms with Crippen LogP contribution in [0.15, 0.2) is 18.2 Å². The molecule has 6 N–H and O–H groups in total. The average Bonchev–Trinajstić information content (AvgIpc) is 2.30. The fourth-order valence-corrected chi connectivity index (χ4v) is 1.88. The Hall–Kier alpha value is -1.10. The van der Waals surface area contributed by atoms with E-state index in [2.05, 4.69) is 0 Å². The summed E-state index contributed by atoms with van der Waals surface area (Å²) < 4.78 is 0. The molecule has 0 bridgehead atoms. The number of primary amides is 1. The van der Waals surface area contributed by atoms with Crippen LogP contribution in [0.5, 0.6) is 0 Å². The summed E-state index contributed by atoms with van der Waals surface area (Å²) in [7, 11) is 0. The van der Waals surface area contributed by atoms with Crippen molar-refractivity contribution in [2.45, 2.75) is 31.8 Å². The number of hydrogen-bond acceptors (Lipinski definition) is 3. The molecule has 17 heavy (non-hydrogen) atoms. The van der Waals surface area contributed by atoms with Crippen molar-refractivity contribution in [1.29, 1.82) is 0 Å². The summed E-state index contributed by atoms with van der Waals surface area (Å²) >= 11 is 5.88. The van der Waals surface area contributed by atoms with Crippen molar-refractivity contribution in [3.05, 3.63) is 34.3 Å². The number of amides is 1. The molecule has 0 saturated carbocycles. The lowest BCUT2D eigenvalue weighted by Crippen LogP contribution is -2.36. The molecule has 1 amide bonds. The van der Waals surface area contributed by atoms with Gasteiger partial charge in [-0.25, -0.2) is 0 Å². The molecule has 94 valence electrons. The number of halogens is 1. The third-order valence-electron chi connectivity index (χ3n) is 2.71. The molecular weight excluding hydrogens is 238 g/mol. The SMILES string of the molecule is NCc1cc(Cl)ccc1CCC[C@@H](N)C(N)=O. The van der Waals surface area contributed by atoms with Crippen LogP contribution in [-0.2, 0) is 17.8 Å². The van der Waals surface area contributed by atoms with Crippen LogP contribution in [0.3, 0.4) is 0 Å². The van der Waals surface area contributed by atoms with E-state index in [1.54, 1.807) is 0 Å². The lowest BCUT2D eigenvalue weighted by atomic mass is 10.00. The third-order valence-corrected chi connectivity index (χ3v) is 2.95. The van der Waals surface area contributed by atoms with Crippen molar-refractivity contribution in [2.24, 2.45) is 17.2 Å². The molecule has 0 saturated heterocycles. The molecule has 0 aromatic heterocycles. The summed E-state index contributed by atoms with van der Waals surface area (Å²) in [4.78, 5) is 10.8. The van der Waals surface area contributed by atoms with Gasteiger partial charge in [-0.1, -0.05) is 17.7 Å². The molecule has 0 aliphatic heterocycles. The third kappa shape index (κ3) is 4.34. The van der Waals surface area contributed by atoms with Gasteiger partial charge in [0.05, 0.1) is 6.04 Å². The predicted octanol–water partition coefficient (Wildman–Crippen LogP) is 0.934. The van der Waals surface area contributed by atoms with E-state index in [1.807, 2.05) is 18.2 Å². The summed E-state index contributed by atoms with van der Waals surface area (Å²) in [5, 5.41) is 0.683. The molecular formula is C12H18ClN3O. The van der Waals surface area contributed by atoms with Crippen LogP contribution >= 0.6 is 11.6 Å². The van der Waals surface area contributed by atoms with Crippen LogP contribution < -0.4 is 17.2 Å². The molecule has 5 heteroatoms. The molecule has 0 radical (unpaired) electrons. The van der Waals surface area contributed by atoms with Crippen molar-refractivity contribution < 1.29 is 4.79 Å². The number of rotatable bonds is 6. The normalized spacial score (nSPS) is 12.4. The van der Waals surface area contributed by atoms with E-state index >= 15 is 0 Å². The van der Waals surface area contributed by atoms with Crippen LogP contribution in [-0.4, -0.2) is 11.9 Å². The number of carbonyl (C=O) groups is 1. The molecule has 1 rings (SSSR count). The van der Waals surface area contributed by atoms with Gasteiger partial charge in [0.15, 0.2) is 0 Å². The van der Waals surface area contributed by atoms with Crippen molar-refractivity contribution in [3.8, 4) is 0 Å². The first-order chi connectivity index (χ1) is 8.04. The minimum Gasteiger partial charge on any atom is -0.368 e. The summed E-state index contributed by atoms with van der Waals surface area (Å²) in [6.07, 6.45) is 2.21. The first-order valence-electron chi connectivity index (χ1n) is 5.57. The van der Waals surface area contributed by atoms with Gasteiger partial charge in [0, 0.05) is 11.6 Å². The highest BCUT2D eigenvalue weighted by Gasteiger charge is 2.09. The van der Waals surface area contributed by atoms with Crippen LogP contribution in [0.1, 0.15) is 24.0 Å². The Morgan fingerprint density at radius 3 is 2.65 bits per heavy atom. The van der Waals surface area contributed by atoms with Crippen LogP contribution in [0.2, 0.25) is 5.02 Å². The van der Waals surface area contributed by atoms with E-state index in [1.165, 1.54) is 0 Å². The molecule has 0 heterocycles. The number of aryl methyl sites for hydroxylation is 1. The quantitative estimate of drug-likeness (QED) is 0.706. The molecule has 4 nitrogen and oxygen atoms in total. The number of hydrogen-bond donors (Lipinski definition) is 3. The molecule has 0 aliphatic carbocycles. The van der Waals surface area contributed by atoms with Crippen molar-refractivity contribution in [3.63, 3.8) is 0 Å². The predicted molar refractivity (Wildman–Crippen MR) is 69.5 cm³/mol. The Labute approximate surface area is 106 Å². The van der Waals surface area contributed by atoms with Crippen molar-refractivity contribution in [2.75, 3.05) is 0 Å². The molecule has 0 aliphatic rings. The molecule has 0 spiro atoms. The lowest BCUT2D eigenvalue weighted by Gasteiger charge is -2.10. The maximum absolute atomic E-state index is 10.8. The molecule has 0 fully saturated rings. The van der Waals surface area contributed by atoms with Gasteiger partial charge in [0.1, 0.15) is 0 Å². The van der Waals surface area contributed by atoms with Gasteiger partial charge in [-0.15, -0.1) is 0 Å². The van der Waals surface area contributed by atoms with E-state index < -0.39 is 11.9 Å². The van der Waals surface area contributed by atoms with E-state index in [9.17, 15) is 4.79 Å². The average molecular weight is 256 g/mol. The van der Waals surface area contributed by atoms with Crippen LogP contribution in [0, 0.1) is 0 Å². The second kappa shape index (κ2) is 6.59. The smallest absolute Gasteiger partial charge is 0.234 e. The van der Waals surface area contributed by atoms with E-state index in [4.69, 9.17) is 28.8 Å². The summed E-state index contributed by atoms with van der Waals surface area (Å²) in [5.74, 6) is -0.458. The molecule has 1 aromatic carbocycles. The minimum absolute atomic E-state index is 0.456. The zero-order chi connectivity index (χ0) is 12.8. The summed E-state index contributed by atoms with van der Waals surface area (Å²) in [6, 6.07) is 5.10. The van der Waals surface area contributed by atoms with Gasteiger partial charge in [-0.3, -0.25) is 4.79 Å². The van der Waals surface area contributed by atoms with Gasteiger partial charge in [0.25, 0.3) is 0 Å². The lowest BCUT2D eigenvalue weighted by molar-refractivity contribution is -0.119. The van der Waals surface area contributed by atoms with Crippen LogP contribution in [0.25, 0.3) is 0 Å². The zero-order valence-electron chi connectivity index (χ0n) is 9.66. The van der Waals surface area contributed by atoms with Gasteiger partial charge >= 0.3 is 0 Å². The van der Waals surface area contributed by atoms with Gasteiger partial charge < -0.3 is 17.2 Å². The molecule has 1 atom stereocenters. The van der Waals surface area contributed by atoms with Gasteiger partial charge in [-0.05, 0) is 42.5 Å². The number of nitrogens with two attached hydrogens (primary N) is 3. The second-order valence-electron chi connectivity index (χ2n) is 4.02. The fourth-order valence-electron chi connectivity index (χ4n) is 1.68. The summed E-state index contributed by atoms with van der Waals surface area (Å²) in [6.45, 7) is 0.456. The standard InChI is InChI=1S/C12H18ClN3O/c13-10-5-4-8(9(6-10)7-14)2-1-3-11(15)12(16)17/h4-6,11H,1-3,7,14-15H2,(H2,16,17)/t11-/m1/s1. The van der Waals surface area contributed by atoms with Gasteiger partial charge in [-0.2, -0.15) is 0 Å². The van der Waals surface area contributed by atoms with Crippen molar-refractivity contribution >= 4 is 17.5 Å².